The van der Waals surface area contributed by atoms with Crippen molar-refractivity contribution in [1.29, 1.82) is 0 Å². The summed E-state index contributed by atoms with van der Waals surface area (Å²) in [4.78, 5) is 53.7. The number of carbonyl (C=O) groups excluding carboxylic acids is 4. The average molecular weight is 487 g/mol. The summed E-state index contributed by atoms with van der Waals surface area (Å²) in [6, 6.07) is 6.72. The number of benzene rings is 1. The molecule has 3 rings (SSSR count). The van der Waals surface area contributed by atoms with Crippen LogP contribution in [0.25, 0.3) is 0 Å². The fraction of sp³-hybridized carbons (Fsp3) is 0.630. The number of carbonyl (C=O) groups is 4. The van der Waals surface area contributed by atoms with Crippen molar-refractivity contribution >= 4 is 23.6 Å². The second-order valence-corrected chi connectivity index (χ2v) is 11.1. The summed E-state index contributed by atoms with van der Waals surface area (Å²) >= 11 is 0. The second kappa shape index (κ2) is 10.4. The lowest BCUT2D eigenvalue weighted by Gasteiger charge is -2.51. The molecule has 0 aromatic heterocycles. The van der Waals surface area contributed by atoms with Gasteiger partial charge in [0.1, 0.15) is 11.5 Å². The highest BCUT2D eigenvalue weighted by Crippen LogP contribution is 2.36. The molecule has 2 atom stereocenters. The molecule has 2 amide bonds. The van der Waals surface area contributed by atoms with Crippen molar-refractivity contribution < 1.29 is 28.7 Å². The summed E-state index contributed by atoms with van der Waals surface area (Å²) in [5.74, 6) is -0.409. The third kappa shape index (κ3) is 6.21. The van der Waals surface area contributed by atoms with Crippen LogP contribution >= 0.6 is 0 Å². The van der Waals surface area contributed by atoms with Crippen LogP contribution in [-0.2, 0) is 19.1 Å². The van der Waals surface area contributed by atoms with E-state index in [0.717, 1.165) is 19.3 Å². The zero-order chi connectivity index (χ0) is 26.0. The Hall–Kier alpha value is -2.90. The molecular formula is C27H38N2O6. The van der Waals surface area contributed by atoms with Gasteiger partial charge in [-0.2, -0.15) is 0 Å². The van der Waals surface area contributed by atoms with Crippen LogP contribution in [0, 0.1) is 0 Å². The van der Waals surface area contributed by atoms with Crippen molar-refractivity contribution in [3.8, 4) is 5.75 Å². The zero-order valence-corrected chi connectivity index (χ0v) is 21.8. The quantitative estimate of drug-likeness (QED) is 0.569. The minimum Gasteiger partial charge on any atom is -0.484 e. The van der Waals surface area contributed by atoms with Crippen LogP contribution in [0.3, 0.4) is 0 Å². The van der Waals surface area contributed by atoms with Gasteiger partial charge < -0.3 is 19.3 Å². The fourth-order valence-corrected chi connectivity index (χ4v) is 5.78. The van der Waals surface area contributed by atoms with Gasteiger partial charge in [-0.25, -0.2) is 4.79 Å². The number of hydrogen-bond acceptors (Lipinski definition) is 6. The monoisotopic (exact) mass is 486 g/mol. The summed E-state index contributed by atoms with van der Waals surface area (Å²) < 4.78 is 10.9. The van der Waals surface area contributed by atoms with Gasteiger partial charge in [0.05, 0.1) is 5.56 Å². The molecule has 2 saturated heterocycles. The lowest BCUT2D eigenvalue weighted by molar-refractivity contribution is -0.156. The molecule has 0 radical (unpaired) electrons. The summed E-state index contributed by atoms with van der Waals surface area (Å²) in [7, 11) is 0. The lowest BCUT2D eigenvalue weighted by Crippen LogP contribution is -2.63. The molecule has 0 spiro atoms. The minimum absolute atomic E-state index is 0.0445. The zero-order valence-electron chi connectivity index (χ0n) is 21.8. The molecular weight excluding hydrogens is 448 g/mol. The molecule has 1 aromatic rings. The Bertz CT molecular complexity index is 938. The Morgan fingerprint density at radius 2 is 1.43 bits per heavy atom. The highest BCUT2D eigenvalue weighted by atomic mass is 16.5. The first-order chi connectivity index (χ1) is 16.3. The van der Waals surface area contributed by atoms with E-state index >= 15 is 0 Å². The van der Waals surface area contributed by atoms with Crippen LogP contribution in [0.2, 0.25) is 0 Å². The van der Waals surface area contributed by atoms with Crippen LogP contribution in [0.15, 0.2) is 24.3 Å². The van der Waals surface area contributed by atoms with Crippen molar-refractivity contribution in [2.75, 3.05) is 13.2 Å². The van der Waals surface area contributed by atoms with Crippen LogP contribution < -0.4 is 4.74 Å². The van der Waals surface area contributed by atoms with E-state index in [-0.39, 0.29) is 54.7 Å². The first kappa shape index (κ1) is 26.7. The van der Waals surface area contributed by atoms with Crippen molar-refractivity contribution in [3.05, 3.63) is 29.8 Å². The Morgan fingerprint density at radius 3 is 1.97 bits per heavy atom. The number of nitrogens with zero attached hydrogens (tertiary/aromatic N) is 2. The molecule has 2 heterocycles. The predicted octanol–water partition coefficient (Wildman–Crippen LogP) is 3.76. The smallest absolute Gasteiger partial charge is 0.338 e. The number of ether oxygens (including phenoxy) is 2. The number of hydrogen-bond donors (Lipinski definition) is 0. The average Bonchev–Trinajstić information content (AvgIpc) is 2.74. The standard InChI is InChI=1S/C27H38N2O6/c1-18-8-7-9-19(2)28(18)23(31)16-34-22-12-10-20(11-13-22)25(33)35-17-24(32)29-26(3,4)14-21(30)15-27(29,5)6/h10-13,18-19H,7-9,14-17H2,1-6H3/t18-,19-/m1/s1. The van der Waals surface area contributed by atoms with E-state index in [9.17, 15) is 19.2 Å². The molecule has 1 aromatic carbocycles. The SMILES string of the molecule is C[C@@H]1CCC[C@@H](C)N1C(=O)COc1ccc(C(=O)OCC(=O)N2C(C)(C)CC(=O)CC2(C)C)cc1. The van der Waals surface area contributed by atoms with Crippen LogP contribution in [0.1, 0.15) is 84.0 Å². The molecule has 8 nitrogen and oxygen atoms in total. The molecule has 0 saturated carbocycles. The third-order valence-corrected chi connectivity index (χ3v) is 6.98. The van der Waals surface area contributed by atoms with Crippen LogP contribution in [-0.4, -0.2) is 69.7 Å². The van der Waals surface area contributed by atoms with Gasteiger partial charge in [0, 0.05) is 36.0 Å². The minimum atomic E-state index is -0.650. The Morgan fingerprint density at radius 1 is 0.886 bits per heavy atom. The number of Topliss-reactive ketones (excluding diaryl/α,β-unsaturated/α-hetero) is 1. The molecule has 0 aliphatic carbocycles. The molecule has 8 heteroatoms. The molecule has 192 valence electrons. The van der Waals surface area contributed by atoms with E-state index in [1.165, 1.54) is 0 Å². The highest BCUT2D eigenvalue weighted by Gasteiger charge is 2.47. The summed E-state index contributed by atoms with van der Waals surface area (Å²) in [5, 5.41) is 0. The Labute approximate surface area is 207 Å². The first-order valence-electron chi connectivity index (χ1n) is 12.4. The van der Waals surface area contributed by atoms with Gasteiger partial charge in [-0.15, -0.1) is 0 Å². The van der Waals surface area contributed by atoms with E-state index in [1.54, 1.807) is 29.2 Å². The van der Waals surface area contributed by atoms with E-state index in [2.05, 4.69) is 13.8 Å². The molecule has 0 N–H and O–H groups in total. The third-order valence-electron chi connectivity index (χ3n) is 6.98. The summed E-state index contributed by atoms with van der Waals surface area (Å²) in [6.45, 7) is 11.1. The van der Waals surface area contributed by atoms with Gasteiger partial charge in [0.15, 0.2) is 13.2 Å². The maximum absolute atomic E-state index is 12.9. The maximum atomic E-state index is 12.9. The molecule has 0 unspecified atom stereocenters. The Balaban J connectivity index is 1.53. The molecule has 35 heavy (non-hydrogen) atoms. The van der Waals surface area contributed by atoms with E-state index in [0.29, 0.717) is 5.75 Å². The van der Waals surface area contributed by atoms with Gasteiger partial charge in [0.25, 0.3) is 11.8 Å². The Kier molecular flexibility index (Phi) is 7.92. The normalized spacial score (nSPS) is 23.5. The summed E-state index contributed by atoms with van der Waals surface area (Å²) in [6.07, 6.45) is 3.68. The molecule has 2 aliphatic rings. The highest BCUT2D eigenvalue weighted by molar-refractivity contribution is 5.92. The number of amides is 2. The molecule has 0 bridgehead atoms. The lowest BCUT2D eigenvalue weighted by atomic mass is 9.79. The van der Waals surface area contributed by atoms with Gasteiger partial charge in [0.2, 0.25) is 0 Å². The fourth-order valence-electron chi connectivity index (χ4n) is 5.78. The van der Waals surface area contributed by atoms with Crippen LogP contribution in [0.4, 0.5) is 0 Å². The summed E-state index contributed by atoms with van der Waals surface area (Å²) in [5.41, 5.74) is -1.02. The maximum Gasteiger partial charge on any atom is 0.338 e. The topological polar surface area (TPSA) is 93.2 Å². The van der Waals surface area contributed by atoms with E-state index in [4.69, 9.17) is 9.47 Å². The number of piperidine rings is 2. The van der Waals surface area contributed by atoms with Crippen LogP contribution in [0.5, 0.6) is 5.75 Å². The van der Waals surface area contributed by atoms with Gasteiger partial charge >= 0.3 is 5.97 Å². The molecule has 2 fully saturated rings. The molecule has 2 aliphatic heterocycles. The first-order valence-corrected chi connectivity index (χ1v) is 12.4. The number of rotatable bonds is 6. The van der Waals surface area contributed by atoms with Crippen molar-refractivity contribution in [2.45, 2.75) is 96.8 Å². The second-order valence-electron chi connectivity index (χ2n) is 11.1. The van der Waals surface area contributed by atoms with Gasteiger partial charge in [-0.1, -0.05) is 0 Å². The van der Waals surface area contributed by atoms with Gasteiger partial charge in [-0.05, 0) is 85.1 Å². The van der Waals surface area contributed by atoms with E-state index < -0.39 is 23.7 Å². The van der Waals surface area contributed by atoms with Crippen molar-refractivity contribution in [1.82, 2.24) is 9.80 Å². The number of esters is 1. The largest absolute Gasteiger partial charge is 0.484 e. The van der Waals surface area contributed by atoms with E-state index in [1.807, 2.05) is 32.6 Å². The van der Waals surface area contributed by atoms with Crippen molar-refractivity contribution in [3.63, 3.8) is 0 Å². The predicted molar refractivity (Wildman–Crippen MR) is 131 cm³/mol. The van der Waals surface area contributed by atoms with Gasteiger partial charge in [-0.3, -0.25) is 14.4 Å². The number of likely N-dealkylation sites (tertiary alicyclic amines) is 2. The van der Waals surface area contributed by atoms with Crippen molar-refractivity contribution in [2.24, 2.45) is 0 Å². The number of ketones is 1.